The number of carbonyl (C=O) groups excluding carboxylic acids is 1. The average Bonchev–Trinajstić information content (AvgIpc) is 3.33. The fourth-order valence-electron chi connectivity index (χ4n) is 1.84. The first-order chi connectivity index (χ1) is 10.3. The molecule has 0 atom stereocenters. The van der Waals surface area contributed by atoms with Crippen molar-refractivity contribution < 1.29 is 9.53 Å². The molecule has 5 heteroatoms. The van der Waals surface area contributed by atoms with Crippen LogP contribution in [0.25, 0.3) is 0 Å². The summed E-state index contributed by atoms with van der Waals surface area (Å²) in [6, 6.07) is 1.67. The van der Waals surface area contributed by atoms with E-state index in [1.165, 1.54) is 12.8 Å². The van der Waals surface area contributed by atoms with Crippen LogP contribution in [-0.2, 0) is 4.74 Å². The number of amides is 1. The van der Waals surface area contributed by atoms with Gasteiger partial charge in [-0.3, -0.25) is 9.78 Å². The first kappa shape index (κ1) is 15.5. The smallest absolute Gasteiger partial charge is 0.252 e. The molecular formula is C16H21N3O2. The Morgan fingerprint density at radius 3 is 3.14 bits per heavy atom. The number of ether oxygens (including phenoxy) is 1. The van der Waals surface area contributed by atoms with Crippen molar-refractivity contribution in [3.8, 4) is 11.8 Å². The van der Waals surface area contributed by atoms with Gasteiger partial charge in [-0.15, -0.1) is 0 Å². The van der Waals surface area contributed by atoms with E-state index >= 15 is 0 Å². The van der Waals surface area contributed by atoms with Gasteiger partial charge in [-0.05, 0) is 31.2 Å². The molecule has 21 heavy (non-hydrogen) atoms. The predicted molar refractivity (Wildman–Crippen MR) is 80.7 cm³/mol. The highest BCUT2D eigenvalue weighted by Crippen LogP contribution is 2.28. The molecule has 0 saturated heterocycles. The third-order valence-electron chi connectivity index (χ3n) is 3.19. The zero-order chi connectivity index (χ0) is 14.9. The number of nitrogens with one attached hydrogen (secondary N) is 1. The lowest BCUT2D eigenvalue weighted by Crippen LogP contribution is -2.26. The van der Waals surface area contributed by atoms with Gasteiger partial charge >= 0.3 is 0 Å². The van der Waals surface area contributed by atoms with Gasteiger partial charge in [-0.1, -0.05) is 11.8 Å². The fourth-order valence-corrected chi connectivity index (χ4v) is 1.84. The number of hydrogen-bond acceptors (Lipinski definition) is 4. The Hall–Kier alpha value is -1.90. The Kier molecular flexibility index (Phi) is 6.20. The largest absolute Gasteiger partial charge is 0.381 e. The van der Waals surface area contributed by atoms with E-state index < -0.39 is 0 Å². The molecule has 2 rings (SSSR count). The van der Waals surface area contributed by atoms with Crippen LogP contribution < -0.4 is 11.1 Å². The molecule has 0 unspecified atom stereocenters. The molecule has 1 amide bonds. The molecule has 1 aromatic rings. The standard InChI is InChI=1S/C16H21N3O2/c17-7-1-3-14-11-18-9-6-15(14)16(20)19-8-2-10-21-12-13-4-5-13/h6,9,11,13H,2,4-5,7-8,10,12,17H2,(H,19,20). The van der Waals surface area contributed by atoms with Gasteiger partial charge in [-0.25, -0.2) is 0 Å². The lowest BCUT2D eigenvalue weighted by Gasteiger charge is -2.07. The molecule has 5 nitrogen and oxygen atoms in total. The van der Waals surface area contributed by atoms with Crippen LogP contribution >= 0.6 is 0 Å². The van der Waals surface area contributed by atoms with E-state index in [2.05, 4.69) is 22.1 Å². The molecule has 3 N–H and O–H groups in total. The zero-order valence-corrected chi connectivity index (χ0v) is 12.1. The first-order valence-electron chi connectivity index (χ1n) is 7.30. The Balaban J connectivity index is 1.74. The van der Waals surface area contributed by atoms with E-state index in [0.29, 0.717) is 24.3 Å². The quantitative estimate of drug-likeness (QED) is 0.578. The lowest BCUT2D eigenvalue weighted by atomic mass is 10.1. The first-order valence-corrected chi connectivity index (χ1v) is 7.30. The summed E-state index contributed by atoms with van der Waals surface area (Å²) >= 11 is 0. The normalized spacial score (nSPS) is 13.4. The van der Waals surface area contributed by atoms with Crippen molar-refractivity contribution in [3.05, 3.63) is 29.6 Å². The summed E-state index contributed by atoms with van der Waals surface area (Å²) in [6.07, 6.45) is 6.57. The van der Waals surface area contributed by atoms with Crippen molar-refractivity contribution >= 4 is 5.91 Å². The average molecular weight is 287 g/mol. The Morgan fingerprint density at radius 1 is 1.52 bits per heavy atom. The van der Waals surface area contributed by atoms with Crippen LogP contribution in [0.3, 0.4) is 0 Å². The van der Waals surface area contributed by atoms with Crippen LogP contribution in [0.4, 0.5) is 0 Å². The minimum Gasteiger partial charge on any atom is -0.381 e. The molecule has 0 aromatic carbocycles. The van der Waals surface area contributed by atoms with Crippen LogP contribution in [0.5, 0.6) is 0 Å². The van der Waals surface area contributed by atoms with Crippen LogP contribution in [0.1, 0.15) is 35.2 Å². The molecule has 1 fully saturated rings. The molecule has 1 saturated carbocycles. The maximum atomic E-state index is 12.1. The summed E-state index contributed by atoms with van der Waals surface area (Å²) < 4.78 is 5.52. The lowest BCUT2D eigenvalue weighted by molar-refractivity contribution is 0.0937. The van der Waals surface area contributed by atoms with Gasteiger partial charge in [0.2, 0.25) is 0 Å². The van der Waals surface area contributed by atoms with Gasteiger partial charge in [0, 0.05) is 32.2 Å². The monoisotopic (exact) mass is 287 g/mol. The van der Waals surface area contributed by atoms with Crippen molar-refractivity contribution in [2.24, 2.45) is 11.7 Å². The van der Waals surface area contributed by atoms with Crippen molar-refractivity contribution in [2.75, 3.05) is 26.3 Å². The van der Waals surface area contributed by atoms with Crippen molar-refractivity contribution in [3.63, 3.8) is 0 Å². The molecular weight excluding hydrogens is 266 g/mol. The van der Waals surface area contributed by atoms with Crippen molar-refractivity contribution in [2.45, 2.75) is 19.3 Å². The summed E-state index contributed by atoms with van der Waals surface area (Å²) in [4.78, 5) is 16.1. The van der Waals surface area contributed by atoms with E-state index in [-0.39, 0.29) is 12.5 Å². The molecule has 1 aliphatic carbocycles. The summed E-state index contributed by atoms with van der Waals surface area (Å²) in [5.74, 6) is 6.24. The topological polar surface area (TPSA) is 77.2 Å². The highest BCUT2D eigenvalue weighted by Gasteiger charge is 2.20. The maximum absolute atomic E-state index is 12.1. The van der Waals surface area contributed by atoms with Crippen LogP contribution in [0.15, 0.2) is 18.5 Å². The van der Waals surface area contributed by atoms with Crippen LogP contribution in [0, 0.1) is 17.8 Å². The second-order valence-electron chi connectivity index (χ2n) is 5.05. The van der Waals surface area contributed by atoms with Gasteiger partial charge in [0.25, 0.3) is 5.91 Å². The molecule has 0 bridgehead atoms. The zero-order valence-electron chi connectivity index (χ0n) is 12.1. The molecule has 112 valence electrons. The molecule has 0 aliphatic heterocycles. The molecule has 1 heterocycles. The van der Waals surface area contributed by atoms with E-state index in [0.717, 1.165) is 18.9 Å². The third-order valence-corrected chi connectivity index (χ3v) is 3.19. The second kappa shape index (κ2) is 8.40. The highest BCUT2D eigenvalue weighted by atomic mass is 16.5. The number of nitrogens with zero attached hydrogens (tertiary/aromatic N) is 1. The van der Waals surface area contributed by atoms with Gasteiger partial charge in [0.05, 0.1) is 17.7 Å². The minimum atomic E-state index is -0.138. The molecule has 0 spiro atoms. The summed E-state index contributed by atoms with van der Waals surface area (Å²) in [5, 5.41) is 2.87. The summed E-state index contributed by atoms with van der Waals surface area (Å²) in [7, 11) is 0. The molecule has 1 aromatic heterocycles. The summed E-state index contributed by atoms with van der Waals surface area (Å²) in [6.45, 7) is 2.40. The predicted octanol–water partition coefficient (Wildman–Crippen LogP) is 0.938. The molecule has 1 aliphatic rings. The SMILES string of the molecule is NCC#Cc1cnccc1C(=O)NCCCOCC1CC1. The Labute approximate surface area is 125 Å². The van der Waals surface area contributed by atoms with Crippen molar-refractivity contribution in [1.29, 1.82) is 0 Å². The third kappa shape index (κ3) is 5.54. The second-order valence-corrected chi connectivity index (χ2v) is 5.05. The number of aromatic nitrogens is 1. The number of rotatable bonds is 7. The Morgan fingerprint density at radius 2 is 2.38 bits per heavy atom. The Bertz CT molecular complexity index is 530. The van der Waals surface area contributed by atoms with Gasteiger partial charge < -0.3 is 15.8 Å². The highest BCUT2D eigenvalue weighted by molar-refractivity contribution is 5.96. The van der Waals surface area contributed by atoms with E-state index in [4.69, 9.17) is 10.5 Å². The number of pyridine rings is 1. The minimum absolute atomic E-state index is 0.138. The van der Waals surface area contributed by atoms with E-state index in [1.807, 2.05) is 0 Å². The number of nitrogens with two attached hydrogens (primary N) is 1. The fraction of sp³-hybridized carbons (Fsp3) is 0.500. The van der Waals surface area contributed by atoms with Crippen LogP contribution in [0.2, 0.25) is 0 Å². The number of hydrogen-bond donors (Lipinski definition) is 2. The van der Waals surface area contributed by atoms with Crippen molar-refractivity contribution in [1.82, 2.24) is 10.3 Å². The van der Waals surface area contributed by atoms with Crippen LogP contribution in [-0.4, -0.2) is 37.2 Å². The van der Waals surface area contributed by atoms with E-state index in [9.17, 15) is 4.79 Å². The number of carbonyl (C=O) groups is 1. The van der Waals surface area contributed by atoms with Gasteiger partial charge in [-0.2, -0.15) is 0 Å². The maximum Gasteiger partial charge on any atom is 0.252 e. The van der Waals surface area contributed by atoms with Gasteiger partial charge in [0.1, 0.15) is 0 Å². The van der Waals surface area contributed by atoms with Gasteiger partial charge in [0.15, 0.2) is 0 Å². The van der Waals surface area contributed by atoms with E-state index in [1.54, 1.807) is 18.5 Å². The summed E-state index contributed by atoms with van der Waals surface area (Å²) in [5.41, 5.74) is 6.48. The molecule has 0 radical (unpaired) electrons.